The monoisotopic (exact) mass is 331 g/mol. The summed E-state index contributed by atoms with van der Waals surface area (Å²) in [5.74, 6) is 0.514. The molecule has 1 fully saturated rings. The zero-order valence-corrected chi connectivity index (χ0v) is 15.8. The summed E-state index contributed by atoms with van der Waals surface area (Å²) in [4.78, 5) is 13.0. The van der Waals surface area contributed by atoms with Crippen molar-refractivity contribution >= 4 is 6.03 Å². The van der Waals surface area contributed by atoms with E-state index in [1.807, 2.05) is 0 Å². The first-order chi connectivity index (χ1) is 11.2. The van der Waals surface area contributed by atoms with Gasteiger partial charge in [0, 0.05) is 25.2 Å². The number of hydrogen-bond acceptors (Lipinski definition) is 2. The lowest BCUT2D eigenvalue weighted by molar-refractivity contribution is 0.179. The van der Waals surface area contributed by atoms with E-state index in [0.717, 1.165) is 25.9 Å². The molecule has 0 unspecified atom stereocenters. The highest BCUT2D eigenvalue weighted by atomic mass is 16.2. The van der Waals surface area contributed by atoms with Gasteiger partial charge in [-0.3, -0.25) is 0 Å². The Kier molecular flexibility index (Phi) is 5.92. The SMILES string of the molecule is CC(C)[C@@H](NC1CCN(C(N)=O)CC1)c1ccc(C(C)(C)C)cc1. The molecule has 4 nitrogen and oxygen atoms in total. The lowest BCUT2D eigenvalue weighted by atomic mass is 9.85. The van der Waals surface area contributed by atoms with E-state index in [9.17, 15) is 4.79 Å². The number of rotatable bonds is 4. The zero-order chi connectivity index (χ0) is 17.9. The van der Waals surface area contributed by atoms with Crippen molar-refractivity contribution in [2.75, 3.05) is 13.1 Å². The zero-order valence-electron chi connectivity index (χ0n) is 15.8. The minimum Gasteiger partial charge on any atom is -0.351 e. The van der Waals surface area contributed by atoms with Crippen LogP contribution >= 0.6 is 0 Å². The number of carbonyl (C=O) groups excluding carboxylic acids is 1. The third-order valence-corrected chi connectivity index (χ3v) is 5.02. The Morgan fingerprint density at radius 3 is 2.12 bits per heavy atom. The van der Waals surface area contributed by atoms with E-state index < -0.39 is 0 Å². The molecule has 1 aromatic rings. The number of nitrogens with one attached hydrogen (secondary N) is 1. The molecule has 24 heavy (non-hydrogen) atoms. The molecule has 1 saturated heterocycles. The Bertz CT molecular complexity index is 537. The van der Waals surface area contributed by atoms with Gasteiger partial charge < -0.3 is 16.0 Å². The van der Waals surface area contributed by atoms with Crippen LogP contribution in [0.4, 0.5) is 4.79 Å². The Labute approximate surface area is 146 Å². The predicted molar refractivity (Wildman–Crippen MR) is 100 cm³/mol. The van der Waals surface area contributed by atoms with Crippen molar-refractivity contribution < 1.29 is 4.79 Å². The number of amides is 2. The van der Waals surface area contributed by atoms with E-state index >= 15 is 0 Å². The van der Waals surface area contributed by atoms with Crippen molar-refractivity contribution in [3.8, 4) is 0 Å². The maximum absolute atomic E-state index is 11.3. The first-order valence-corrected chi connectivity index (χ1v) is 9.09. The number of urea groups is 1. The fraction of sp³-hybridized carbons (Fsp3) is 0.650. The predicted octanol–water partition coefficient (Wildman–Crippen LogP) is 3.81. The average molecular weight is 332 g/mol. The first kappa shape index (κ1) is 18.8. The van der Waals surface area contributed by atoms with Crippen LogP contribution in [0.3, 0.4) is 0 Å². The van der Waals surface area contributed by atoms with Gasteiger partial charge in [-0.1, -0.05) is 58.9 Å². The number of carbonyl (C=O) groups is 1. The number of piperidine rings is 1. The van der Waals surface area contributed by atoms with Gasteiger partial charge in [0.05, 0.1) is 0 Å². The van der Waals surface area contributed by atoms with Crippen LogP contribution in [0.5, 0.6) is 0 Å². The molecule has 3 N–H and O–H groups in total. The molecule has 1 heterocycles. The number of nitrogens with zero attached hydrogens (tertiary/aromatic N) is 1. The smallest absolute Gasteiger partial charge is 0.314 e. The quantitative estimate of drug-likeness (QED) is 0.881. The van der Waals surface area contributed by atoms with E-state index in [1.54, 1.807) is 4.90 Å². The average Bonchev–Trinajstić information content (AvgIpc) is 2.52. The molecule has 0 saturated carbocycles. The van der Waals surface area contributed by atoms with Crippen LogP contribution in [0.1, 0.15) is 64.6 Å². The molecule has 0 radical (unpaired) electrons. The van der Waals surface area contributed by atoms with E-state index in [4.69, 9.17) is 5.73 Å². The maximum Gasteiger partial charge on any atom is 0.314 e. The van der Waals surface area contributed by atoms with Crippen LogP contribution in [0.25, 0.3) is 0 Å². The highest BCUT2D eigenvalue weighted by Crippen LogP contribution is 2.28. The summed E-state index contributed by atoms with van der Waals surface area (Å²) in [7, 11) is 0. The van der Waals surface area contributed by atoms with Gasteiger partial charge in [-0.2, -0.15) is 0 Å². The molecule has 0 aliphatic carbocycles. The van der Waals surface area contributed by atoms with Crippen LogP contribution < -0.4 is 11.1 Å². The van der Waals surface area contributed by atoms with E-state index in [2.05, 4.69) is 64.2 Å². The minimum absolute atomic E-state index is 0.181. The topological polar surface area (TPSA) is 58.4 Å². The Morgan fingerprint density at radius 2 is 1.71 bits per heavy atom. The summed E-state index contributed by atoms with van der Waals surface area (Å²) < 4.78 is 0. The fourth-order valence-electron chi connectivity index (χ4n) is 3.38. The Morgan fingerprint density at radius 1 is 1.17 bits per heavy atom. The standard InChI is InChI=1S/C20H33N3O/c1-14(2)18(15-6-8-16(9-7-15)20(3,4)5)22-17-10-12-23(13-11-17)19(21)24/h6-9,14,17-18,22H,10-13H2,1-5H3,(H2,21,24)/t18-/m1/s1. The second-order valence-corrected chi connectivity index (χ2v) is 8.36. The van der Waals surface area contributed by atoms with Crippen LogP contribution in [-0.2, 0) is 5.41 Å². The van der Waals surface area contributed by atoms with Crippen LogP contribution in [0.15, 0.2) is 24.3 Å². The summed E-state index contributed by atoms with van der Waals surface area (Å²) in [5, 5.41) is 3.81. The molecule has 134 valence electrons. The first-order valence-electron chi connectivity index (χ1n) is 9.09. The molecule has 2 amide bonds. The Hall–Kier alpha value is -1.55. The fourth-order valence-corrected chi connectivity index (χ4v) is 3.38. The molecule has 1 aliphatic rings. The van der Waals surface area contributed by atoms with E-state index in [-0.39, 0.29) is 11.4 Å². The lowest BCUT2D eigenvalue weighted by Gasteiger charge is -2.35. The van der Waals surface area contributed by atoms with Crippen molar-refractivity contribution in [1.29, 1.82) is 0 Å². The molecule has 0 bridgehead atoms. The lowest BCUT2D eigenvalue weighted by Crippen LogP contribution is -2.48. The van der Waals surface area contributed by atoms with Gasteiger partial charge in [-0.25, -0.2) is 4.79 Å². The summed E-state index contributed by atoms with van der Waals surface area (Å²) in [6.45, 7) is 12.7. The van der Waals surface area contributed by atoms with E-state index in [1.165, 1.54) is 11.1 Å². The third kappa shape index (κ3) is 4.73. The third-order valence-electron chi connectivity index (χ3n) is 5.02. The van der Waals surface area contributed by atoms with Gasteiger partial charge in [0.2, 0.25) is 0 Å². The maximum atomic E-state index is 11.3. The summed E-state index contributed by atoms with van der Waals surface area (Å²) in [6.07, 6.45) is 1.93. The van der Waals surface area contributed by atoms with Gasteiger partial charge in [-0.05, 0) is 35.3 Å². The highest BCUT2D eigenvalue weighted by molar-refractivity contribution is 5.72. The summed E-state index contributed by atoms with van der Waals surface area (Å²) in [5.41, 5.74) is 8.26. The van der Waals surface area contributed by atoms with Crippen molar-refractivity contribution in [1.82, 2.24) is 10.2 Å². The Balaban J connectivity index is 2.04. The molecular weight excluding hydrogens is 298 g/mol. The van der Waals surface area contributed by atoms with Crippen molar-refractivity contribution in [3.63, 3.8) is 0 Å². The van der Waals surface area contributed by atoms with Crippen molar-refractivity contribution in [2.45, 2.75) is 65.0 Å². The van der Waals surface area contributed by atoms with Gasteiger partial charge in [0.25, 0.3) is 0 Å². The van der Waals surface area contributed by atoms with Gasteiger partial charge >= 0.3 is 6.03 Å². The molecular formula is C20H33N3O. The van der Waals surface area contributed by atoms with E-state index in [0.29, 0.717) is 18.0 Å². The van der Waals surface area contributed by atoms with Crippen LogP contribution in [0, 0.1) is 5.92 Å². The number of hydrogen-bond donors (Lipinski definition) is 2. The second kappa shape index (κ2) is 7.56. The number of primary amides is 1. The number of likely N-dealkylation sites (tertiary alicyclic amines) is 1. The van der Waals surface area contributed by atoms with Gasteiger partial charge in [0.1, 0.15) is 0 Å². The molecule has 1 atom stereocenters. The van der Waals surface area contributed by atoms with Crippen molar-refractivity contribution in [3.05, 3.63) is 35.4 Å². The minimum atomic E-state index is -0.299. The van der Waals surface area contributed by atoms with Crippen LogP contribution in [-0.4, -0.2) is 30.1 Å². The second-order valence-electron chi connectivity index (χ2n) is 8.36. The largest absolute Gasteiger partial charge is 0.351 e. The molecule has 1 aromatic carbocycles. The van der Waals surface area contributed by atoms with Crippen molar-refractivity contribution in [2.24, 2.45) is 11.7 Å². The summed E-state index contributed by atoms with van der Waals surface area (Å²) in [6, 6.07) is 9.50. The van der Waals surface area contributed by atoms with Crippen LogP contribution in [0.2, 0.25) is 0 Å². The normalized spacial score (nSPS) is 18.0. The number of nitrogens with two attached hydrogens (primary N) is 1. The molecule has 4 heteroatoms. The van der Waals surface area contributed by atoms with Gasteiger partial charge in [0.15, 0.2) is 0 Å². The molecule has 0 aromatic heterocycles. The summed E-state index contributed by atoms with van der Waals surface area (Å²) >= 11 is 0. The molecule has 0 spiro atoms. The highest BCUT2D eigenvalue weighted by Gasteiger charge is 2.25. The number of benzene rings is 1. The molecule has 1 aliphatic heterocycles. The molecule has 2 rings (SSSR count). The van der Waals surface area contributed by atoms with Gasteiger partial charge in [-0.15, -0.1) is 0 Å².